The molecule has 0 bridgehead atoms. The Hall–Kier alpha value is -8.66. The van der Waals surface area contributed by atoms with E-state index in [4.69, 9.17) is 23.2 Å². The van der Waals surface area contributed by atoms with E-state index in [9.17, 15) is 79.0 Å². The van der Waals surface area contributed by atoms with Crippen LogP contribution in [0.3, 0.4) is 0 Å². The second-order valence-corrected chi connectivity index (χ2v) is 33.1. The van der Waals surface area contributed by atoms with Crippen molar-refractivity contribution in [2.45, 2.75) is 112 Å². The molecule has 124 heavy (non-hydrogen) atoms. The van der Waals surface area contributed by atoms with E-state index in [-0.39, 0.29) is 10.0 Å². The average molecular weight is 1800 g/mol. The van der Waals surface area contributed by atoms with Crippen LogP contribution in [-0.2, 0) is 43.6 Å². The van der Waals surface area contributed by atoms with Crippen molar-refractivity contribution in [3.63, 3.8) is 0 Å². The molecular weight excluding hydrogens is 1690 g/mol. The van der Waals surface area contributed by atoms with Crippen molar-refractivity contribution in [1.29, 1.82) is 0 Å². The lowest BCUT2D eigenvalue weighted by atomic mass is 10.1. The zero-order valence-corrected chi connectivity index (χ0v) is 73.7. The first-order valence-corrected chi connectivity index (χ1v) is 41.7. The maximum Gasteiger partial charge on any atom is 0.417 e. The van der Waals surface area contributed by atoms with Gasteiger partial charge in [-0.3, -0.25) is 19.8 Å². The Morgan fingerprint density at radius 3 is 1.01 bits per heavy atom. The van der Waals surface area contributed by atoms with E-state index in [0.717, 1.165) is 142 Å². The number of aromatic nitrogens is 2. The summed E-state index contributed by atoms with van der Waals surface area (Å²) in [4.78, 5) is 33.1. The molecule has 0 radical (unpaired) electrons. The third-order valence-corrected chi connectivity index (χ3v) is 22.7. The van der Waals surface area contributed by atoms with Gasteiger partial charge in [0.2, 0.25) is 0 Å². The number of anilines is 7. The van der Waals surface area contributed by atoms with E-state index in [2.05, 4.69) is 55.2 Å². The molecule has 5 aliphatic rings. The van der Waals surface area contributed by atoms with Crippen LogP contribution in [0.25, 0.3) is 0 Å². The fourth-order valence-corrected chi connectivity index (χ4v) is 15.6. The van der Waals surface area contributed by atoms with Crippen molar-refractivity contribution in [2.75, 3.05) is 213 Å². The van der Waals surface area contributed by atoms with Crippen LogP contribution >= 0.6 is 23.2 Å². The molecule has 0 amide bonds. The van der Waals surface area contributed by atoms with Gasteiger partial charge >= 0.3 is 37.1 Å². The summed E-state index contributed by atoms with van der Waals surface area (Å²) in [5, 5.41) is -0.429. The minimum Gasteiger partial charge on any atom is -0.372 e. The summed E-state index contributed by atoms with van der Waals surface area (Å²) in [5.74, 6) is 0. The number of hydrogen-bond donors (Lipinski definition) is 0. The molecule has 13 rings (SSSR count). The monoisotopic (exact) mass is 1800 g/mol. The minimum atomic E-state index is -4.43. The van der Waals surface area contributed by atoms with Gasteiger partial charge in [0, 0.05) is 217 Å². The number of benzene rings is 6. The number of nitrogens with zero attached hydrogens (tertiary/aromatic N) is 14. The molecule has 5 aliphatic heterocycles. The lowest BCUT2D eigenvalue weighted by molar-refractivity contribution is -0.138. The number of hydrogen-bond acceptors (Lipinski definition) is 14. The Balaban J connectivity index is 0.000000185. The lowest BCUT2D eigenvalue weighted by Crippen LogP contribution is -2.48. The molecule has 8 aromatic rings. The van der Waals surface area contributed by atoms with Gasteiger partial charge in [0.1, 0.15) is 0 Å². The van der Waals surface area contributed by atoms with Crippen LogP contribution in [0, 0.1) is 41.5 Å². The van der Waals surface area contributed by atoms with Crippen LogP contribution in [0.1, 0.15) is 93.1 Å². The molecule has 5 fully saturated rings. The van der Waals surface area contributed by atoms with Crippen molar-refractivity contribution in [3.8, 4) is 0 Å². The summed E-state index contributed by atoms with van der Waals surface area (Å²) in [6.45, 7) is 35.5. The van der Waals surface area contributed by atoms with E-state index in [1.54, 1.807) is 90.4 Å². The van der Waals surface area contributed by atoms with Crippen molar-refractivity contribution < 1.29 is 79.0 Å². The van der Waals surface area contributed by atoms with Crippen molar-refractivity contribution >= 4 is 63.0 Å². The molecule has 0 atom stereocenters. The molecule has 34 heteroatoms. The highest BCUT2D eigenvalue weighted by molar-refractivity contribution is 6.34. The van der Waals surface area contributed by atoms with Crippen molar-refractivity contribution in [3.05, 3.63) is 228 Å². The quantitative estimate of drug-likeness (QED) is 0.0971. The Bertz CT molecular complexity index is 4640. The molecule has 0 saturated carbocycles. The van der Waals surface area contributed by atoms with Gasteiger partial charge in [-0.1, -0.05) is 30.1 Å². The predicted molar refractivity (Wildman–Crippen MR) is 462 cm³/mol. The first-order valence-electron chi connectivity index (χ1n) is 41.0. The third-order valence-electron chi connectivity index (χ3n) is 21.9. The van der Waals surface area contributed by atoms with E-state index in [0.29, 0.717) is 106 Å². The van der Waals surface area contributed by atoms with Crippen LogP contribution in [0.4, 0.5) is 119 Å². The SMILES string of the molecule is CCN1CCN(c2cc(C)cc(C(F)(F)F)c2)CC1.Cc1cc(N(C)CCN(C)C)c(Cl)c(C(F)(F)F)c1.Cc1cc(N2CCN(C(C)C)CC2)cc(C(F)(F)F)c1.Cc1cc(N2CCN(C)CC2)c(Cl)c(C(F)(F)F)c1.Cc1cc(N2CCN(Cc3ccncc3)CC2)cc(C(F)(F)F)c1.Cc1cc(N2CCN(c3ccncc3)CC2)cc(C(F)(F)F)c1. The van der Waals surface area contributed by atoms with E-state index in [1.165, 1.54) is 54.1 Å². The summed E-state index contributed by atoms with van der Waals surface area (Å²) in [7, 11) is 7.56. The fraction of sp³-hybridized carbons (Fsp3) is 0.489. The molecule has 0 spiro atoms. The third kappa shape index (κ3) is 30.6. The van der Waals surface area contributed by atoms with Gasteiger partial charge in [-0.15, -0.1) is 0 Å². The van der Waals surface area contributed by atoms with Gasteiger partial charge in [0.25, 0.3) is 0 Å². The Kier molecular flexibility index (Phi) is 35.9. The Morgan fingerprint density at radius 2 is 0.661 bits per heavy atom. The van der Waals surface area contributed by atoms with Crippen LogP contribution in [0.5, 0.6) is 0 Å². The van der Waals surface area contributed by atoms with Crippen molar-refractivity contribution in [1.82, 2.24) is 34.5 Å². The summed E-state index contributed by atoms with van der Waals surface area (Å²) >= 11 is 11.9. The molecule has 5 saturated heterocycles. The maximum absolute atomic E-state index is 13.0. The topological polar surface area (TPSA) is 64.7 Å². The number of likely N-dealkylation sites (N-methyl/N-ethyl adjacent to an activating group) is 4. The second kappa shape index (κ2) is 44.2. The lowest BCUT2D eigenvalue weighted by Gasteiger charge is -2.38. The van der Waals surface area contributed by atoms with Gasteiger partial charge in [-0.05, 0) is 243 Å². The predicted octanol–water partition coefficient (Wildman–Crippen LogP) is 21.3. The zero-order chi connectivity index (χ0) is 91.6. The molecule has 0 aliphatic carbocycles. The van der Waals surface area contributed by atoms with Gasteiger partial charge in [-0.25, -0.2) is 0 Å². The fourth-order valence-electron chi connectivity index (χ4n) is 14.9. The summed E-state index contributed by atoms with van der Waals surface area (Å²) in [6.07, 6.45) is -19.0. The molecule has 0 unspecified atom stereocenters. The first-order chi connectivity index (χ1) is 57.9. The van der Waals surface area contributed by atoms with Crippen molar-refractivity contribution in [2.24, 2.45) is 0 Å². The number of piperazine rings is 5. The Morgan fingerprint density at radius 1 is 0.347 bits per heavy atom. The van der Waals surface area contributed by atoms with Gasteiger partial charge < -0.3 is 49.0 Å². The highest BCUT2D eigenvalue weighted by Crippen LogP contribution is 2.44. The highest BCUT2D eigenvalue weighted by atomic mass is 35.5. The first kappa shape index (κ1) is 101. The molecule has 14 nitrogen and oxygen atoms in total. The van der Waals surface area contributed by atoms with E-state index >= 15 is 0 Å². The van der Waals surface area contributed by atoms with E-state index in [1.807, 2.05) is 99.1 Å². The second-order valence-electron chi connectivity index (χ2n) is 32.4. The highest BCUT2D eigenvalue weighted by Gasteiger charge is 2.39. The van der Waals surface area contributed by atoms with Crippen LogP contribution in [0.15, 0.2) is 146 Å². The maximum atomic E-state index is 13.0. The molecule has 6 aromatic carbocycles. The van der Waals surface area contributed by atoms with Crippen LogP contribution < -0.4 is 34.3 Å². The number of alkyl halides is 18. The molecule has 7 heterocycles. The normalized spacial score (nSPS) is 16.3. The number of pyridine rings is 2. The standard InChI is InChI=1S/C18H20F3N3.C17H18F3N3.C15H21F3N2.C14H19F3N2.C13H16ClF3N2.C13H18ClF3N2/c1-14-10-16(18(19,20)21)12-17(11-14)24-8-6-23(7-9-24)13-15-2-4-22-5-3-15;1-13-10-14(17(18,19)20)12-16(11-13)23-8-6-22(7-9-23)15-2-4-21-5-3-15;1-11(2)19-4-6-20(7-5-19)14-9-12(3)8-13(10-14)15(16,17)18;1-3-18-4-6-19(7-5-18)13-9-11(2)8-12(10-13)14(15,16)17;1-9-7-10(13(15,16)17)12(14)11(8-9)19-5-3-18(2)4-6-19;1-9-7-10(13(15,16)17)12(14)11(8-9)19(4)6-5-18(2)3/h2-5,10-12H,6-9,13H2,1H3;2-5,10-12H,6-9H2,1H3;8-11H,4-7H2,1-3H3;8-10H,3-7H2,1-2H3;7-8H,3-6H2,1-2H3;7-8H,5-6H2,1-4H3. The zero-order valence-electron chi connectivity index (χ0n) is 72.2. The minimum absolute atomic E-state index is 0.192. The average Bonchev–Trinajstić information content (AvgIpc) is 0.813. The van der Waals surface area contributed by atoms with Gasteiger partial charge in [0.05, 0.1) is 54.8 Å². The van der Waals surface area contributed by atoms with Gasteiger partial charge in [0.15, 0.2) is 0 Å². The molecule has 2 aromatic heterocycles. The summed E-state index contributed by atoms with van der Waals surface area (Å²) < 4.78 is 232. The van der Waals surface area contributed by atoms with E-state index < -0.39 is 70.4 Å². The Labute approximate surface area is 726 Å². The largest absolute Gasteiger partial charge is 0.417 e. The summed E-state index contributed by atoms with van der Waals surface area (Å²) in [5.41, 5.74) is 5.78. The van der Waals surface area contributed by atoms with Crippen LogP contribution in [0.2, 0.25) is 10.0 Å². The molecule has 682 valence electrons. The van der Waals surface area contributed by atoms with Crippen LogP contribution in [-0.4, -0.2) is 219 Å². The number of rotatable bonds is 14. The number of halogens is 20. The smallest absolute Gasteiger partial charge is 0.372 e. The molecule has 0 N–H and O–H groups in total. The molecular formula is C90H112Cl2F18N14. The van der Waals surface area contributed by atoms with Gasteiger partial charge in [-0.2, -0.15) is 79.0 Å². The number of aryl methyl sites for hydroxylation is 6. The summed E-state index contributed by atoms with van der Waals surface area (Å²) in [6, 6.07) is 31.1.